The number of hydrogen-bond acceptors (Lipinski definition) is 15. The summed E-state index contributed by atoms with van der Waals surface area (Å²) in [4.78, 5) is 0. The third-order valence-electron chi connectivity index (χ3n) is 6.06. The second-order valence-corrected chi connectivity index (χ2v) is 8.32. The van der Waals surface area contributed by atoms with Gasteiger partial charge in [-0.25, -0.2) is 0 Å². The van der Waals surface area contributed by atoms with Crippen molar-refractivity contribution in [1.82, 2.24) is 0 Å². The first kappa shape index (κ1) is 27.0. The molecule has 3 aliphatic rings. The molecule has 33 heavy (non-hydrogen) atoms. The van der Waals surface area contributed by atoms with Gasteiger partial charge in [0.05, 0.1) is 19.3 Å². The molecule has 3 saturated heterocycles. The van der Waals surface area contributed by atoms with Crippen molar-refractivity contribution in [3.63, 3.8) is 0 Å². The van der Waals surface area contributed by atoms with E-state index in [0.717, 1.165) is 0 Å². The van der Waals surface area contributed by atoms with E-state index in [1.165, 1.54) is 6.92 Å². The molecule has 194 valence electrons. The molecule has 0 spiro atoms. The van der Waals surface area contributed by atoms with Gasteiger partial charge in [-0.15, -0.1) is 0 Å². The van der Waals surface area contributed by atoms with Crippen molar-refractivity contribution in [2.24, 2.45) is 0 Å². The van der Waals surface area contributed by atoms with Crippen LogP contribution in [0.1, 0.15) is 6.92 Å². The Kier molecular flexibility index (Phi) is 8.99. The van der Waals surface area contributed by atoms with Crippen LogP contribution in [0, 0.1) is 0 Å². The molecule has 15 nitrogen and oxygen atoms in total. The highest BCUT2D eigenvalue weighted by Crippen LogP contribution is 2.32. The van der Waals surface area contributed by atoms with Gasteiger partial charge in [0.25, 0.3) is 0 Å². The van der Waals surface area contributed by atoms with Crippen molar-refractivity contribution < 1.29 is 74.7 Å². The zero-order chi connectivity index (χ0) is 24.6. The van der Waals surface area contributed by atoms with E-state index in [4.69, 9.17) is 23.7 Å². The average molecular weight is 488 g/mol. The van der Waals surface area contributed by atoms with E-state index >= 15 is 0 Å². The molecule has 3 fully saturated rings. The van der Waals surface area contributed by atoms with Gasteiger partial charge in [-0.3, -0.25) is 0 Å². The standard InChI is InChI=1S/C18H32O15/c1-4-7(21)10(24)12(26)17(29-4)32-14-9(23)6(3-20)30-16(28)15(14)33-18-13(27)11(25)8(22)5(2-19)31-18/h4-28H,2-3H2,1H3/t4-,5+,6+,7+,8-,9+,10+,11-,12-,13+,14-,15+,16?,17+,18-/m0/s1. The Morgan fingerprint density at radius 1 is 0.545 bits per heavy atom. The fraction of sp³-hybridized carbons (Fsp3) is 1.00. The van der Waals surface area contributed by atoms with Crippen molar-refractivity contribution >= 4 is 0 Å². The molecule has 0 aliphatic carbocycles. The van der Waals surface area contributed by atoms with Crippen molar-refractivity contribution in [3.8, 4) is 0 Å². The van der Waals surface area contributed by atoms with Gasteiger partial charge in [-0.1, -0.05) is 0 Å². The van der Waals surface area contributed by atoms with Gasteiger partial charge in [0.1, 0.15) is 67.1 Å². The van der Waals surface area contributed by atoms with E-state index in [1.807, 2.05) is 0 Å². The predicted molar refractivity (Wildman–Crippen MR) is 99.8 cm³/mol. The highest BCUT2D eigenvalue weighted by molar-refractivity contribution is 4.95. The first-order valence-electron chi connectivity index (χ1n) is 10.4. The molecule has 3 aliphatic heterocycles. The third-order valence-corrected chi connectivity index (χ3v) is 6.06. The molecule has 15 heteroatoms. The maximum Gasteiger partial charge on any atom is 0.187 e. The van der Waals surface area contributed by atoms with Crippen molar-refractivity contribution in [3.05, 3.63) is 0 Å². The zero-order valence-electron chi connectivity index (χ0n) is 17.6. The first-order valence-corrected chi connectivity index (χ1v) is 10.4. The lowest BCUT2D eigenvalue weighted by atomic mass is 9.96. The fourth-order valence-corrected chi connectivity index (χ4v) is 3.97. The van der Waals surface area contributed by atoms with E-state index in [1.54, 1.807) is 0 Å². The summed E-state index contributed by atoms with van der Waals surface area (Å²) in [5.41, 5.74) is 0. The molecule has 0 aromatic carbocycles. The highest BCUT2D eigenvalue weighted by atomic mass is 16.8. The summed E-state index contributed by atoms with van der Waals surface area (Å²) in [6.45, 7) is -0.107. The molecule has 10 N–H and O–H groups in total. The molecule has 0 aromatic heterocycles. The highest BCUT2D eigenvalue weighted by Gasteiger charge is 2.53. The molecular formula is C18H32O15. The predicted octanol–water partition coefficient (Wildman–Crippen LogP) is -6.55. The van der Waals surface area contributed by atoms with Crippen LogP contribution in [0.2, 0.25) is 0 Å². The van der Waals surface area contributed by atoms with Gasteiger partial charge in [-0.2, -0.15) is 0 Å². The summed E-state index contributed by atoms with van der Waals surface area (Å²) >= 11 is 0. The largest absolute Gasteiger partial charge is 0.394 e. The topological polar surface area (TPSA) is 248 Å². The number of hydrogen-bond donors (Lipinski definition) is 10. The summed E-state index contributed by atoms with van der Waals surface area (Å²) < 4.78 is 26.7. The monoisotopic (exact) mass is 488 g/mol. The van der Waals surface area contributed by atoms with Crippen LogP contribution in [-0.4, -0.2) is 156 Å². The van der Waals surface area contributed by atoms with Crippen molar-refractivity contribution in [2.45, 2.75) is 99.0 Å². The van der Waals surface area contributed by atoms with E-state index in [2.05, 4.69) is 0 Å². The zero-order valence-corrected chi connectivity index (χ0v) is 17.6. The molecule has 3 rings (SSSR count). The lowest BCUT2D eigenvalue weighted by molar-refractivity contribution is -0.386. The summed E-state index contributed by atoms with van der Waals surface area (Å²) in [6.07, 6.45) is -24.1. The Balaban J connectivity index is 1.82. The fourth-order valence-electron chi connectivity index (χ4n) is 3.97. The molecular weight excluding hydrogens is 456 g/mol. The van der Waals surface area contributed by atoms with Crippen LogP contribution in [0.15, 0.2) is 0 Å². The summed E-state index contributed by atoms with van der Waals surface area (Å²) in [6, 6.07) is 0. The van der Waals surface area contributed by atoms with Gasteiger partial charge in [0.15, 0.2) is 18.9 Å². The SMILES string of the molecule is C[C@@H]1O[C@H](O[C@H]2[C@H](O)[C@@H](CO)OC(O)[C@@H]2O[C@@H]2O[C@H](CO)[C@H](O)[C@H](O)[C@H]2O)[C@@H](O)[C@H](O)[C@@H]1O. The maximum absolute atomic E-state index is 10.6. The molecule has 0 aromatic rings. The Morgan fingerprint density at radius 3 is 1.61 bits per heavy atom. The van der Waals surface area contributed by atoms with Gasteiger partial charge >= 0.3 is 0 Å². The van der Waals surface area contributed by atoms with E-state index < -0.39 is 105 Å². The van der Waals surface area contributed by atoms with Crippen LogP contribution in [0.4, 0.5) is 0 Å². The first-order chi connectivity index (χ1) is 15.5. The van der Waals surface area contributed by atoms with Crippen molar-refractivity contribution in [1.29, 1.82) is 0 Å². The second-order valence-electron chi connectivity index (χ2n) is 8.32. The van der Waals surface area contributed by atoms with Gasteiger partial charge < -0.3 is 74.7 Å². The lowest BCUT2D eigenvalue weighted by Crippen LogP contribution is -2.66. The molecule has 0 amide bonds. The van der Waals surface area contributed by atoms with E-state index in [9.17, 15) is 51.1 Å². The van der Waals surface area contributed by atoms with Crippen LogP contribution in [0.3, 0.4) is 0 Å². The lowest BCUT2D eigenvalue weighted by Gasteiger charge is -2.48. The van der Waals surface area contributed by atoms with Crippen LogP contribution >= 0.6 is 0 Å². The average Bonchev–Trinajstić information content (AvgIpc) is 2.79. The smallest absolute Gasteiger partial charge is 0.187 e. The quantitative estimate of drug-likeness (QED) is 0.167. The minimum absolute atomic E-state index is 0.746. The third kappa shape index (κ3) is 5.32. The van der Waals surface area contributed by atoms with Crippen LogP contribution in [-0.2, 0) is 23.7 Å². The molecule has 1 unspecified atom stereocenters. The van der Waals surface area contributed by atoms with Crippen LogP contribution < -0.4 is 0 Å². The number of ether oxygens (including phenoxy) is 5. The van der Waals surface area contributed by atoms with Gasteiger partial charge in [0, 0.05) is 0 Å². The molecule has 3 heterocycles. The van der Waals surface area contributed by atoms with Crippen LogP contribution in [0.5, 0.6) is 0 Å². The van der Waals surface area contributed by atoms with Gasteiger partial charge in [0.2, 0.25) is 0 Å². The molecule has 15 atom stereocenters. The summed E-state index contributed by atoms with van der Waals surface area (Å²) in [5.74, 6) is 0. The minimum Gasteiger partial charge on any atom is -0.394 e. The molecule has 0 radical (unpaired) electrons. The van der Waals surface area contributed by atoms with Crippen molar-refractivity contribution in [2.75, 3.05) is 13.2 Å². The van der Waals surface area contributed by atoms with E-state index in [-0.39, 0.29) is 0 Å². The Labute approximate surface area is 187 Å². The Morgan fingerprint density at radius 2 is 1.03 bits per heavy atom. The number of aliphatic hydroxyl groups excluding tert-OH is 10. The molecule has 0 saturated carbocycles. The Hall–Kier alpha value is -0.600. The van der Waals surface area contributed by atoms with Crippen LogP contribution in [0.25, 0.3) is 0 Å². The normalized spacial score (nSPS) is 53.7. The number of aliphatic hydroxyl groups is 10. The Bertz CT molecular complexity index is 624. The molecule has 0 bridgehead atoms. The minimum atomic E-state index is -1.89. The second kappa shape index (κ2) is 11.0. The summed E-state index contributed by atoms with van der Waals surface area (Å²) in [5, 5.41) is 100.0. The van der Waals surface area contributed by atoms with E-state index in [0.29, 0.717) is 0 Å². The number of rotatable bonds is 6. The maximum atomic E-state index is 10.6. The van der Waals surface area contributed by atoms with Gasteiger partial charge in [-0.05, 0) is 6.92 Å². The summed E-state index contributed by atoms with van der Waals surface area (Å²) in [7, 11) is 0.